The molecule has 2 rings (SSSR count). The molecule has 1 aliphatic heterocycles. The Morgan fingerprint density at radius 2 is 2.11 bits per heavy atom. The number of rotatable bonds is 5. The summed E-state index contributed by atoms with van der Waals surface area (Å²) in [4.78, 5) is 10.8. The summed E-state index contributed by atoms with van der Waals surface area (Å²) in [5.41, 5.74) is 1.10. The van der Waals surface area contributed by atoms with E-state index in [1.54, 1.807) is 7.11 Å². The predicted molar refractivity (Wildman–Crippen MR) is 70.2 cm³/mol. The van der Waals surface area contributed by atoms with E-state index in [0.29, 0.717) is 13.0 Å². The zero-order valence-electron chi connectivity index (χ0n) is 10.9. The van der Waals surface area contributed by atoms with E-state index in [4.69, 9.17) is 9.84 Å². The summed E-state index contributed by atoms with van der Waals surface area (Å²) in [5.74, 6) is -0.308. The van der Waals surface area contributed by atoms with Gasteiger partial charge in [-0.1, -0.05) is 12.1 Å². The highest BCUT2D eigenvalue weighted by Crippen LogP contribution is 2.24. The van der Waals surface area contributed by atoms with E-state index in [9.17, 15) is 9.90 Å². The number of ether oxygens (including phenoxy) is 1. The third-order valence-corrected chi connectivity index (χ3v) is 3.63. The normalized spacial score (nSPS) is 26.3. The van der Waals surface area contributed by atoms with Crippen molar-refractivity contribution < 1.29 is 19.7 Å². The van der Waals surface area contributed by atoms with Crippen LogP contribution >= 0.6 is 0 Å². The Kier molecular flexibility index (Phi) is 4.39. The van der Waals surface area contributed by atoms with Crippen LogP contribution < -0.4 is 10.1 Å². The molecule has 0 spiro atoms. The SMILES string of the molecule is COc1ccc(C[C@@H]2NC[C@H](O)[C@@H]2CC(=O)O)cc1. The van der Waals surface area contributed by atoms with Gasteiger partial charge in [0.25, 0.3) is 0 Å². The monoisotopic (exact) mass is 265 g/mol. The van der Waals surface area contributed by atoms with Gasteiger partial charge in [0.05, 0.1) is 19.6 Å². The summed E-state index contributed by atoms with van der Waals surface area (Å²) < 4.78 is 5.10. The summed E-state index contributed by atoms with van der Waals surface area (Å²) in [5, 5.41) is 21.9. The molecule has 0 bridgehead atoms. The molecule has 3 atom stereocenters. The molecule has 0 saturated carbocycles. The Balaban J connectivity index is 2.02. The largest absolute Gasteiger partial charge is 0.497 e. The number of carboxylic acids is 1. The van der Waals surface area contributed by atoms with Crippen LogP contribution in [0.1, 0.15) is 12.0 Å². The molecule has 1 fully saturated rings. The molecule has 1 heterocycles. The maximum atomic E-state index is 10.8. The van der Waals surface area contributed by atoms with Gasteiger partial charge >= 0.3 is 5.97 Å². The molecule has 5 heteroatoms. The number of aliphatic hydroxyl groups is 1. The molecule has 0 unspecified atom stereocenters. The van der Waals surface area contributed by atoms with Crippen LogP contribution in [0.25, 0.3) is 0 Å². The number of carboxylic acid groups (broad SMARTS) is 1. The van der Waals surface area contributed by atoms with E-state index in [1.807, 2.05) is 24.3 Å². The lowest BCUT2D eigenvalue weighted by molar-refractivity contribution is -0.139. The Hall–Kier alpha value is -1.59. The van der Waals surface area contributed by atoms with Crippen LogP contribution in [-0.4, -0.2) is 42.0 Å². The Morgan fingerprint density at radius 3 is 2.68 bits per heavy atom. The van der Waals surface area contributed by atoms with Crippen molar-refractivity contribution in [3.8, 4) is 5.75 Å². The smallest absolute Gasteiger partial charge is 0.303 e. The molecule has 1 aromatic rings. The number of hydrogen-bond acceptors (Lipinski definition) is 4. The van der Waals surface area contributed by atoms with Gasteiger partial charge in [-0.05, 0) is 24.1 Å². The number of benzene rings is 1. The van der Waals surface area contributed by atoms with Crippen molar-refractivity contribution in [2.24, 2.45) is 5.92 Å². The number of aliphatic carboxylic acids is 1. The molecule has 5 nitrogen and oxygen atoms in total. The van der Waals surface area contributed by atoms with E-state index < -0.39 is 12.1 Å². The first-order valence-corrected chi connectivity index (χ1v) is 6.36. The molecular weight excluding hydrogens is 246 g/mol. The lowest BCUT2D eigenvalue weighted by atomic mass is 9.90. The van der Waals surface area contributed by atoms with E-state index in [2.05, 4.69) is 5.32 Å². The van der Waals surface area contributed by atoms with Crippen molar-refractivity contribution in [3.05, 3.63) is 29.8 Å². The number of carbonyl (C=O) groups is 1. The highest BCUT2D eigenvalue weighted by atomic mass is 16.5. The van der Waals surface area contributed by atoms with Crippen molar-refractivity contribution in [2.75, 3.05) is 13.7 Å². The quantitative estimate of drug-likeness (QED) is 0.729. The first-order chi connectivity index (χ1) is 9.10. The second kappa shape index (κ2) is 6.04. The Labute approximate surface area is 112 Å². The fourth-order valence-electron chi connectivity index (χ4n) is 2.56. The molecule has 104 valence electrons. The fraction of sp³-hybridized carbons (Fsp3) is 0.500. The Bertz CT molecular complexity index is 432. The second-order valence-corrected chi connectivity index (χ2v) is 4.90. The number of methoxy groups -OCH3 is 1. The van der Waals surface area contributed by atoms with Gasteiger partial charge in [-0.2, -0.15) is 0 Å². The molecule has 0 aliphatic carbocycles. The van der Waals surface area contributed by atoms with E-state index in [1.165, 1.54) is 0 Å². The van der Waals surface area contributed by atoms with Crippen LogP contribution in [-0.2, 0) is 11.2 Å². The summed E-state index contributed by atoms with van der Waals surface area (Å²) in [6.45, 7) is 0.457. The number of nitrogens with one attached hydrogen (secondary N) is 1. The average molecular weight is 265 g/mol. The third kappa shape index (κ3) is 3.45. The molecule has 0 radical (unpaired) electrons. The van der Waals surface area contributed by atoms with Gasteiger partial charge in [-0.15, -0.1) is 0 Å². The Morgan fingerprint density at radius 1 is 1.42 bits per heavy atom. The van der Waals surface area contributed by atoms with Crippen LogP contribution in [0, 0.1) is 5.92 Å². The number of hydrogen-bond donors (Lipinski definition) is 3. The highest BCUT2D eigenvalue weighted by molar-refractivity contribution is 5.67. The van der Waals surface area contributed by atoms with Crippen LogP contribution in [0.5, 0.6) is 5.75 Å². The first kappa shape index (κ1) is 13.8. The standard InChI is InChI=1S/C14H19NO4/c1-19-10-4-2-9(3-5-10)6-12-11(7-14(17)18)13(16)8-15-12/h2-5,11-13,15-16H,6-8H2,1H3,(H,17,18)/t11-,12+,13+/m1/s1. The van der Waals surface area contributed by atoms with Crippen molar-refractivity contribution >= 4 is 5.97 Å². The molecule has 19 heavy (non-hydrogen) atoms. The minimum absolute atomic E-state index is 0.000468. The number of aliphatic hydroxyl groups excluding tert-OH is 1. The van der Waals surface area contributed by atoms with Crippen LogP contribution in [0.4, 0.5) is 0 Å². The van der Waals surface area contributed by atoms with E-state index >= 15 is 0 Å². The summed E-state index contributed by atoms with van der Waals surface area (Å²) in [6.07, 6.45) is 0.118. The van der Waals surface area contributed by atoms with Crippen molar-refractivity contribution in [1.82, 2.24) is 5.32 Å². The predicted octanol–water partition coefficient (Wildman–Crippen LogP) is 0.661. The van der Waals surface area contributed by atoms with Crippen molar-refractivity contribution in [2.45, 2.75) is 25.0 Å². The molecule has 1 saturated heterocycles. The summed E-state index contributed by atoms with van der Waals surface area (Å²) in [6, 6.07) is 7.69. The topological polar surface area (TPSA) is 78.8 Å². The van der Waals surface area contributed by atoms with Crippen LogP contribution in [0.15, 0.2) is 24.3 Å². The van der Waals surface area contributed by atoms with Gasteiger partial charge in [0.1, 0.15) is 5.75 Å². The van der Waals surface area contributed by atoms with Gasteiger partial charge in [0.2, 0.25) is 0 Å². The zero-order valence-corrected chi connectivity index (χ0v) is 10.9. The van der Waals surface area contributed by atoms with Crippen LogP contribution in [0.3, 0.4) is 0 Å². The van der Waals surface area contributed by atoms with Gasteiger partial charge in [-0.25, -0.2) is 0 Å². The molecular formula is C14H19NO4. The molecule has 0 aromatic heterocycles. The van der Waals surface area contributed by atoms with Gasteiger partial charge < -0.3 is 20.3 Å². The maximum Gasteiger partial charge on any atom is 0.303 e. The van der Waals surface area contributed by atoms with Gasteiger partial charge in [0.15, 0.2) is 0 Å². The van der Waals surface area contributed by atoms with Crippen molar-refractivity contribution in [3.63, 3.8) is 0 Å². The lowest BCUT2D eigenvalue weighted by Crippen LogP contribution is -2.32. The van der Waals surface area contributed by atoms with Crippen LogP contribution in [0.2, 0.25) is 0 Å². The zero-order chi connectivity index (χ0) is 13.8. The fourth-order valence-corrected chi connectivity index (χ4v) is 2.56. The first-order valence-electron chi connectivity index (χ1n) is 6.36. The second-order valence-electron chi connectivity index (χ2n) is 4.90. The lowest BCUT2D eigenvalue weighted by Gasteiger charge is -2.20. The summed E-state index contributed by atoms with van der Waals surface area (Å²) >= 11 is 0. The molecule has 0 amide bonds. The average Bonchev–Trinajstić information content (AvgIpc) is 2.72. The minimum Gasteiger partial charge on any atom is -0.497 e. The minimum atomic E-state index is -0.868. The maximum absolute atomic E-state index is 10.8. The molecule has 1 aromatic carbocycles. The third-order valence-electron chi connectivity index (χ3n) is 3.63. The molecule has 3 N–H and O–H groups in total. The van der Waals surface area contributed by atoms with E-state index in [0.717, 1.165) is 11.3 Å². The summed E-state index contributed by atoms with van der Waals surface area (Å²) in [7, 11) is 1.62. The molecule has 1 aliphatic rings. The van der Waals surface area contributed by atoms with Crippen molar-refractivity contribution in [1.29, 1.82) is 0 Å². The number of β-amino-alcohol motifs (C(OH)–C–C–N with tert-alkyl or cyclic N) is 1. The van der Waals surface area contributed by atoms with E-state index in [-0.39, 0.29) is 18.4 Å². The van der Waals surface area contributed by atoms with Gasteiger partial charge in [-0.3, -0.25) is 4.79 Å². The highest BCUT2D eigenvalue weighted by Gasteiger charge is 2.35. The van der Waals surface area contributed by atoms with Gasteiger partial charge in [0, 0.05) is 18.5 Å².